The highest BCUT2D eigenvalue weighted by Crippen LogP contribution is 2.28. The van der Waals surface area contributed by atoms with E-state index in [1.165, 1.54) is 12.1 Å². The van der Waals surface area contributed by atoms with E-state index in [0.29, 0.717) is 5.56 Å². The van der Waals surface area contributed by atoms with E-state index in [4.69, 9.17) is 4.74 Å². The highest BCUT2D eigenvalue weighted by Gasteiger charge is 2.37. The first-order chi connectivity index (χ1) is 10.1. The molecule has 1 unspecified atom stereocenters. The van der Waals surface area contributed by atoms with Gasteiger partial charge in [-0.2, -0.15) is 0 Å². The van der Waals surface area contributed by atoms with Crippen LogP contribution in [0.15, 0.2) is 54.6 Å². The molecule has 2 aromatic rings. The van der Waals surface area contributed by atoms with Gasteiger partial charge in [-0.15, -0.1) is 0 Å². The van der Waals surface area contributed by atoms with Crippen molar-refractivity contribution in [2.24, 2.45) is 0 Å². The molecule has 0 spiro atoms. The van der Waals surface area contributed by atoms with Crippen LogP contribution in [0.25, 0.3) is 0 Å². The predicted molar refractivity (Wildman–Crippen MR) is 80.4 cm³/mol. The van der Waals surface area contributed by atoms with E-state index in [-0.39, 0.29) is 6.61 Å². The second-order valence-electron chi connectivity index (χ2n) is 4.85. The van der Waals surface area contributed by atoms with E-state index in [2.05, 4.69) is 5.32 Å². The Labute approximate surface area is 123 Å². The molecule has 0 saturated heterocycles. The quantitative estimate of drug-likeness (QED) is 0.852. The number of benzene rings is 2. The van der Waals surface area contributed by atoms with Crippen LogP contribution in [0.5, 0.6) is 0 Å². The summed E-state index contributed by atoms with van der Waals surface area (Å²) in [5, 5.41) is 3.14. The Hall–Kier alpha value is -2.36. The van der Waals surface area contributed by atoms with Crippen molar-refractivity contribution in [2.45, 2.75) is 19.4 Å². The number of esters is 1. The molecule has 0 bridgehead atoms. The van der Waals surface area contributed by atoms with Crippen LogP contribution in [-0.2, 0) is 15.1 Å². The van der Waals surface area contributed by atoms with Crippen LogP contribution in [-0.4, -0.2) is 12.6 Å². The Bertz CT molecular complexity index is 615. The molecule has 0 aliphatic heterocycles. The Morgan fingerprint density at radius 1 is 1.19 bits per heavy atom. The lowest BCUT2D eigenvalue weighted by Crippen LogP contribution is -2.42. The third-order valence-corrected chi connectivity index (χ3v) is 3.25. The van der Waals surface area contributed by atoms with Crippen molar-refractivity contribution in [1.82, 2.24) is 0 Å². The maximum atomic E-state index is 13.5. The molecule has 110 valence electrons. The molecule has 0 amide bonds. The summed E-state index contributed by atoms with van der Waals surface area (Å²) in [4.78, 5) is 12.4. The van der Waals surface area contributed by atoms with Gasteiger partial charge in [0.05, 0.1) is 6.61 Å². The van der Waals surface area contributed by atoms with Gasteiger partial charge in [-0.3, -0.25) is 0 Å². The zero-order valence-electron chi connectivity index (χ0n) is 12.1. The van der Waals surface area contributed by atoms with Gasteiger partial charge in [0, 0.05) is 5.69 Å². The van der Waals surface area contributed by atoms with Crippen LogP contribution in [0, 0.1) is 5.82 Å². The minimum atomic E-state index is -1.15. The molecule has 21 heavy (non-hydrogen) atoms. The Morgan fingerprint density at radius 3 is 2.52 bits per heavy atom. The average Bonchev–Trinajstić information content (AvgIpc) is 2.48. The standard InChI is InChI=1S/C17H18FNO2/c1-3-21-16(20)17(2,13-8-7-9-14(18)12-13)19-15-10-5-4-6-11-15/h4-12,19H,3H2,1-2H3. The van der Waals surface area contributed by atoms with Crippen LogP contribution in [0.1, 0.15) is 19.4 Å². The predicted octanol–water partition coefficient (Wildman–Crippen LogP) is 3.72. The van der Waals surface area contributed by atoms with Crippen molar-refractivity contribution in [2.75, 3.05) is 11.9 Å². The summed E-state index contributed by atoms with van der Waals surface area (Å²) < 4.78 is 18.7. The largest absolute Gasteiger partial charge is 0.464 e. The number of rotatable bonds is 5. The van der Waals surface area contributed by atoms with Crippen LogP contribution in [0.3, 0.4) is 0 Å². The van der Waals surface area contributed by atoms with E-state index in [1.807, 2.05) is 30.3 Å². The first-order valence-corrected chi connectivity index (χ1v) is 6.83. The topological polar surface area (TPSA) is 38.3 Å². The molecule has 1 atom stereocenters. The van der Waals surface area contributed by atoms with Crippen molar-refractivity contribution in [3.8, 4) is 0 Å². The molecule has 3 nitrogen and oxygen atoms in total. The third-order valence-electron chi connectivity index (χ3n) is 3.25. The normalized spacial score (nSPS) is 13.3. The van der Waals surface area contributed by atoms with Crippen LogP contribution < -0.4 is 5.32 Å². The van der Waals surface area contributed by atoms with Gasteiger partial charge in [0.25, 0.3) is 0 Å². The highest BCUT2D eigenvalue weighted by atomic mass is 19.1. The molecule has 0 fully saturated rings. The third kappa shape index (κ3) is 3.40. The van der Waals surface area contributed by atoms with Gasteiger partial charge in [-0.25, -0.2) is 9.18 Å². The fourth-order valence-electron chi connectivity index (χ4n) is 2.13. The maximum Gasteiger partial charge on any atom is 0.336 e. The molecular weight excluding hydrogens is 269 g/mol. The summed E-state index contributed by atoms with van der Waals surface area (Å²) in [6.07, 6.45) is 0. The van der Waals surface area contributed by atoms with Crippen LogP contribution >= 0.6 is 0 Å². The van der Waals surface area contributed by atoms with Crippen LogP contribution in [0.2, 0.25) is 0 Å². The Kier molecular flexibility index (Phi) is 4.58. The summed E-state index contributed by atoms with van der Waals surface area (Å²) in [5.74, 6) is -0.836. The molecule has 0 aliphatic carbocycles. The highest BCUT2D eigenvalue weighted by molar-refractivity contribution is 5.85. The van der Waals surface area contributed by atoms with E-state index in [0.717, 1.165) is 5.69 Å². The molecule has 1 N–H and O–H groups in total. The molecule has 2 aromatic carbocycles. The lowest BCUT2D eigenvalue weighted by molar-refractivity contribution is -0.148. The molecule has 0 aromatic heterocycles. The molecule has 4 heteroatoms. The number of para-hydroxylation sites is 1. The molecule has 2 rings (SSSR count). The van der Waals surface area contributed by atoms with Crippen molar-refractivity contribution >= 4 is 11.7 Å². The van der Waals surface area contributed by atoms with Gasteiger partial charge in [0.1, 0.15) is 5.82 Å². The molecule has 0 saturated carbocycles. The number of anilines is 1. The fraction of sp³-hybridized carbons (Fsp3) is 0.235. The molecular formula is C17H18FNO2. The molecule has 0 heterocycles. The van der Waals surface area contributed by atoms with Crippen molar-refractivity contribution in [3.05, 3.63) is 66.0 Å². The van der Waals surface area contributed by atoms with Gasteiger partial charge >= 0.3 is 5.97 Å². The SMILES string of the molecule is CCOC(=O)C(C)(Nc1ccccc1)c1cccc(F)c1. The number of ether oxygens (including phenoxy) is 1. The summed E-state index contributed by atoms with van der Waals surface area (Å²) in [5.41, 5.74) is 0.126. The second-order valence-corrected chi connectivity index (χ2v) is 4.85. The van der Waals surface area contributed by atoms with Crippen molar-refractivity contribution in [3.63, 3.8) is 0 Å². The summed E-state index contributed by atoms with van der Waals surface area (Å²) in [7, 11) is 0. The van der Waals surface area contributed by atoms with Gasteiger partial charge in [0.2, 0.25) is 0 Å². The number of hydrogen-bond acceptors (Lipinski definition) is 3. The maximum absolute atomic E-state index is 13.5. The van der Waals surface area contributed by atoms with Gasteiger partial charge in [-0.05, 0) is 43.7 Å². The zero-order chi connectivity index (χ0) is 15.3. The number of carbonyl (C=O) groups excluding carboxylic acids is 1. The van der Waals surface area contributed by atoms with Crippen LogP contribution in [0.4, 0.5) is 10.1 Å². The van der Waals surface area contributed by atoms with Crippen molar-refractivity contribution in [1.29, 1.82) is 0 Å². The fourth-order valence-corrected chi connectivity index (χ4v) is 2.13. The molecule has 0 aliphatic rings. The Morgan fingerprint density at radius 2 is 1.90 bits per heavy atom. The lowest BCUT2D eigenvalue weighted by Gasteiger charge is -2.30. The number of nitrogens with one attached hydrogen (secondary N) is 1. The minimum absolute atomic E-state index is 0.264. The summed E-state index contributed by atoms with van der Waals surface area (Å²) >= 11 is 0. The van der Waals surface area contributed by atoms with E-state index in [1.54, 1.807) is 26.0 Å². The monoisotopic (exact) mass is 287 g/mol. The first kappa shape index (κ1) is 15.0. The Balaban J connectivity index is 2.41. The number of hydrogen-bond donors (Lipinski definition) is 1. The number of halogens is 1. The van der Waals surface area contributed by atoms with Gasteiger partial charge in [0.15, 0.2) is 5.54 Å². The lowest BCUT2D eigenvalue weighted by atomic mass is 9.91. The summed E-state index contributed by atoms with van der Waals surface area (Å²) in [6, 6.07) is 15.3. The number of carbonyl (C=O) groups is 1. The average molecular weight is 287 g/mol. The summed E-state index contributed by atoms with van der Waals surface area (Å²) in [6.45, 7) is 3.69. The van der Waals surface area contributed by atoms with Crippen molar-refractivity contribution < 1.29 is 13.9 Å². The van der Waals surface area contributed by atoms with E-state index < -0.39 is 17.3 Å². The molecule has 0 radical (unpaired) electrons. The zero-order valence-corrected chi connectivity index (χ0v) is 12.1. The second kappa shape index (κ2) is 6.39. The first-order valence-electron chi connectivity index (χ1n) is 6.83. The smallest absolute Gasteiger partial charge is 0.336 e. The minimum Gasteiger partial charge on any atom is -0.464 e. The van der Waals surface area contributed by atoms with Gasteiger partial charge < -0.3 is 10.1 Å². The van der Waals surface area contributed by atoms with Gasteiger partial charge in [-0.1, -0.05) is 30.3 Å². The van der Waals surface area contributed by atoms with E-state index >= 15 is 0 Å². The van der Waals surface area contributed by atoms with E-state index in [9.17, 15) is 9.18 Å².